The summed E-state index contributed by atoms with van der Waals surface area (Å²) in [6, 6.07) is 0. The monoisotopic (exact) mass is 211 g/mol. The molecule has 0 spiro atoms. The molecule has 2 atom stereocenters. The summed E-state index contributed by atoms with van der Waals surface area (Å²) in [5, 5.41) is 0. The third kappa shape index (κ3) is 2.94. The van der Waals surface area contributed by atoms with E-state index in [-0.39, 0.29) is 0 Å². The number of hydrogen-bond donors (Lipinski definition) is 0. The average Bonchev–Trinajstić information content (AvgIpc) is 2.98. The predicted octanol–water partition coefficient (Wildman–Crippen LogP) is 1.67. The van der Waals surface area contributed by atoms with Gasteiger partial charge < -0.3 is 9.64 Å². The summed E-state index contributed by atoms with van der Waals surface area (Å²) < 4.78 is 5.18. The maximum atomic E-state index is 11.8. The molecule has 0 N–H and O–H groups in total. The van der Waals surface area contributed by atoms with Crippen LogP contribution in [0.1, 0.15) is 33.1 Å². The van der Waals surface area contributed by atoms with Crippen LogP contribution in [0.5, 0.6) is 0 Å². The third-order valence-electron chi connectivity index (χ3n) is 3.62. The van der Waals surface area contributed by atoms with Crippen molar-refractivity contribution in [2.24, 2.45) is 11.8 Å². The predicted molar refractivity (Wildman–Crippen MR) is 58.5 cm³/mol. The van der Waals surface area contributed by atoms with Gasteiger partial charge in [0, 0.05) is 19.5 Å². The van der Waals surface area contributed by atoms with E-state index in [1.807, 2.05) is 4.90 Å². The summed E-state index contributed by atoms with van der Waals surface area (Å²) in [6.07, 6.45) is 3.30. The lowest BCUT2D eigenvalue weighted by atomic mass is 9.89. The highest BCUT2D eigenvalue weighted by Crippen LogP contribution is 2.26. The van der Waals surface area contributed by atoms with Crippen LogP contribution in [0, 0.1) is 11.8 Å². The number of likely N-dealkylation sites (tertiary alicyclic amines) is 1. The number of ether oxygens (including phenoxy) is 1. The van der Waals surface area contributed by atoms with E-state index in [1.54, 1.807) is 0 Å². The molecule has 0 aromatic rings. The lowest BCUT2D eigenvalue weighted by Crippen LogP contribution is -2.33. The average molecular weight is 211 g/mol. The molecule has 0 saturated carbocycles. The largest absolute Gasteiger partial charge is 0.371 e. The van der Waals surface area contributed by atoms with Gasteiger partial charge in [0.2, 0.25) is 5.91 Å². The molecule has 0 aromatic heterocycles. The van der Waals surface area contributed by atoms with Crippen LogP contribution >= 0.6 is 0 Å². The van der Waals surface area contributed by atoms with Crippen molar-refractivity contribution in [2.75, 3.05) is 19.7 Å². The van der Waals surface area contributed by atoms with Gasteiger partial charge in [-0.3, -0.25) is 4.79 Å². The minimum absolute atomic E-state index is 0.327. The molecule has 86 valence electrons. The normalized spacial score (nSPS) is 31.9. The van der Waals surface area contributed by atoms with Gasteiger partial charge in [0.05, 0.1) is 12.7 Å². The van der Waals surface area contributed by atoms with Gasteiger partial charge in [-0.25, -0.2) is 0 Å². The quantitative estimate of drug-likeness (QED) is 0.665. The Morgan fingerprint density at radius 3 is 2.80 bits per heavy atom. The van der Waals surface area contributed by atoms with Crippen molar-refractivity contribution in [3.63, 3.8) is 0 Å². The lowest BCUT2D eigenvalue weighted by molar-refractivity contribution is -0.130. The number of nitrogens with zero attached hydrogens (tertiary/aromatic N) is 1. The van der Waals surface area contributed by atoms with Gasteiger partial charge in [-0.05, 0) is 24.7 Å². The van der Waals surface area contributed by atoms with Crippen LogP contribution in [0.2, 0.25) is 0 Å². The van der Waals surface area contributed by atoms with E-state index in [1.165, 1.54) is 0 Å². The second-order valence-electron chi connectivity index (χ2n) is 5.13. The smallest absolute Gasteiger partial charge is 0.222 e. The highest BCUT2D eigenvalue weighted by atomic mass is 16.6. The third-order valence-corrected chi connectivity index (χ3v) is 3.62. The molecule has 0 aromatic carbocycles. The van der Waals surface area contributed by atoms with Crippen LogP contribution in [0.25, 0.3) is 0 Å². The number of amides is 1. The molecule has 15 heavy (non-hydrogen) atoms. The molecule has 2 rings (SSSR count). The molecule has 1 amide bonds. The Hall–Kier alpha value is -0.570. The van der Waals surface area contributed by atoms with Crippen LogP contribution in [0.15, 0.2) is 0 Å². The van der Waals surface area contributed by atoms with Gasteiger partial charge in [0.1, 0.15) is 0 Å². The van der Waals surface area contributed by atoms with Crippen molar-refractivity contribution in [2.45, 2.75) is 39.2 Å². The van der Waals surface area contributed by atoms with Crippen LogP contribution in [-0.2, 0) is 9.53 Å². The Balaban J connectivity index is 1.87. The zero-order valence-electron chi connectivity index (χ0n) is 9.74. The molecular weight excluding hydrogens is 190 g/mol. The second-order valence-corrected chi connectivity index (χ2v) is 5.13. The van der Waals surface area contributed by atoms with E-state index in [9.17, 15) is 4.79 Å². The molecule has 0 bridgehead atoms. The number of epoxide rings is 1. The standard InChI is InChI=1S/C12H21NO2/c1-9(2)10-3-4-12(14)13(6-5-10)7-11-8-15-11/h9-11H,3-8H2,1-2H3. The van der Waals surface area contributed by atoms with Crippen LogP contribution in [0.4, 0.5) is 0 Å². The molecule has 3 heteroatoms. The topological polar surface area (TPSA) is 32.8 Å². The fourth-order valence-electron chi connectivity index (χ4n) is 2.34. The summed E-state index contributed by atoms with van der Waals surface area (Å²) in [4.78, 5) is 13.8. The molecule has 2 heterocycles. The lowest BCUT2D eigenvalue weighted by Gasteiger charge is -2.20. The van der Waals surface area contributed by atoms with E-state index < -0.39 is 0 Å². The van der Waals surface area contributed by atoms with Crippen molar-refractivity contribution in [1.82, 2.24) is 4.90 Å². The zero-order chi connectivity index (χ0) is 10.8. The molecular formula is C12H21NO2. The van der Waals surface area contributed by atoms with Crippen molar-refractivity contribution < 1.29 is 9.53 Å². The first-order valence-electron chi connectivity index (χ1n) is 6.06. The second kappa shape index (κ2) is 4.52. The van der Waals surface area contributed by atoms with Gasteiger partial charge in [-0.1, -0.05) is 13.8 Å². The molecule has 2 aliphatic heterocycles. The highest BCUT2D eigenvalue weighted by Gasteiger charge is 2.30. The molecule has 2 aliphatic rings. The molecule has 2 unspecified atom stereocenters. The summed E-state index contributed by atoms with van der Waals surface area (Å²) >= 11 is 0. The first kappa shape index (κ1) is 10.9. The summed E-state index contributed by atoms with van der Waals surface area (Å²) in [5.74, 6) is 1.75. The summed E-state index contributed by atoms with van der Waals surface area (Å²) in [5.41, 5.74) is 0. The number of carbonyl (C=O) groups is 1. The van der Waals surface area contributed by atoms with E-state index in [4.69, 9.17) is 4.74 Å². The molecule has 2 saturated heterocycles. The Morgan fingerprint density at radius 1 is 1.47 bits per heavy atom. The SMILES string of the molecule is CC(C)C1CCC(=O)N(CC2CO2)CC1. The Labute approximate surface area is 91.8 Å². The fraction of sp³-hybridized carbons (Fsp3) is 0.917. The number of rotatable bonds is 3. The van der Waals surface area contributed by atoms with E-state index in [0.717, 1.165) is 44.9 Å². The van der Waals surface area contributed by atoms with Crippen molar-refractivity contribution >= 4 is 5.91 Å². The van der Waals surface area contributed by atoms with Gasteiger partial charge in [-0.2, -0.15) is 0 Å². The van der Waals surface area contributed by atoms with E-state index in [0.29, 0.717) is 17.9 Å². The summed E-state index contributed by atoms with van der Waals surface area (Å²) in [7, 11) is 0. The van der Waals surface area contributed by atoms with E-state index in [2.05, 4.69) is 13.8 Å². The van der Waals surface area contributed by atoms with E-state index >= 15 is 0 Å². The van der Waals surface area contributed by atoms with Gasteiger partial charge in [0.25, 0.3) is 0 Å². The summed E-state index contributed by atoms with van der Waals surface area (Å²) in [6.45, 7) is 7.12. The zero-order valence-corrected chi connectivity index (χ0v) is 9.74. The van der Waals surface area contributed by atoms with Crippen LogP contribution < -0.4 is 0 Å². The number of hydrogen-bond acceptors (Lipinski definition) is 2. The Kier molecular flexibility index (Phi) is 3.29. The molecule has 0 radical (unpaired) electrons. The minimum atomic E-state index is 0.327. The number of carbonyl (C=O) groups excluding carboxylic acids is 1. The Bertz CT molecular complexity index is 236. The maximum Gasteiger partial charge on any atom is 0.222 e. The van der Waals surface area contributed by atoms with Gasteiger partial charge >= 0.3 is 0 Å². The fourth-order valence-corrected chi connectivity index (χ4v) is 2.34. The van der Waals surface area contributed by atoms with Crippen molar-refractivity contribution in [3.05, 3.63) is 0 Å². The maximum absolute atomic E-state index is 11.8. The van der Waals surface area contributed by atoms with Gasteiger partial charge in [-0.15, -0.1) is 0 Å². The van der Waals surface area contributed by atoms with Gasteiger partial charge in [0.15, 0.2) is 0 Å². The molecule has 2 fully saturated rings. The van der Waals surface area contributed by atoms with Crippen LogP contribution in [-0.4, -0.2) is 36.6 Å². The van der Waals surface area contributed by atoms with Crippen molar-refractivity contribution in [3.8, 4) is 0 Å². The van der Waals surface area contributed by atoms with Crippen molar-refractivity contribution in [1.29, 1.82) is 0 Å². The highest BCUT2D eigenvalue weighted by molar-refractivity contribution is 5.76. The molecule has 0 aliphatic carbocycles. The Morgan fingerprint density at radius 2 is 2.20 bits per heavy atom. The molecule has 3 nitrogen and oxygen atoms in total. The van der Waals surface area contributed by atoms with Crippen LogP contribution in [0.3, 0.4) is 0 Å². The first-order valence-corrected chi connectivity index (χ1v) is 6.06. The minimum Gasteiger partial charge on any atom is -0.371 e. The first-order chi connectivity index (χ1) is 7.16.